The molecule has 2 aromatic rings. The lowest BCUT2D eigenvalue weighted by Gasteiger charge is -2.43. The maximum atomic E-state index is 6.98. The second-order valence-electron chi connectivity index (χ2n) is 8.53. The summed E-state index contributed by atoms with van der Waals surface area (Å²) in [5.41, 5.74) is 0. The number of hydrogen-bond acceptors (Lipinski definition) is 1. The topological polar surface area (TPSA) is 9.23 Å². The average Bonchev–Trinajstić information content (AvgIpc) is 2.62. The van der Waals surface area contributed by atoms with Crippen LogP contribution in [0.4, 0.5) is 0 Å². The van der Waals surface area contributed by atoms with Crippen molar-refractivity contribution in [3.63, 3.8) is 0 Å². The van der Waals surface area contributed by atoms with E-state index in [1.165, 1.54) is 10.4 Å². The van der Waals surface area contributed by atoms with E-state index in [1.54, 1.807) is 0 Å². The Morgan fingerprint density at radius 2 is 1.38 bits per heavy atom. The van der Waals surface area contributed by atoms with Gasteiger partial charge in [0, 0.05) is 6.61 Å². The van der Waals surface area contributed by atoms with E-state index in [-0.39, 0.29) is 5.04 Å². The molecule has 0 heterocycles. The summed E-state index contributed by atoms with van der Waals surface area (Å²) in [6, 6.07) is 21.7. The Labute approximate surface area is 161 Å². The number of rotatable bonds is 8. The van der Waals surface area contributed by atoms with E-state index in [2.05, 4.69) is 102 Å². The van der Waals surface area contributed by atoms with Gasteiger partial charge in [-0.05, 0) is 33.7 Å². The molecule has 0 unspecified atom stereocenters. The van der Waals surface area contributed by atoms with E-state index >= 15 is 0 Å². The fourth-order valence-corrected chi connectivity index (χ4v) is 8.52. The summed E-state index contributed by atoms with van der Waals surface area (Å²) >= 11 is 0. The van der Waals surface area contributed by atoms with Crippen molar-refractivity contribution in [2.75, 3.05) is 6.61 Å². The molecule has 0 aromatic heterocycles. The predicted molar refractivity (Wildman–Crippen MR) is 117 cm³/mol. The molecule has 0 N–H and O–H groups in total. The lowest BCUT2D eigenvalue weighted by atomic mass is 9.98. The van der Waals surface area contributed by atoms with Crippen molar-refractivity contribution >= 4 is 18.7 Å². The number of benzene rings is 2. The minimum absolute atomic E-state index is 0.0412. The smallest absolute Gasteiger partial charge is 0.261 e. The highest BCUT2D eigenvalue weighted by Gasteiger charge is 2.50. The second kappa shape index (κ2) is 8.83. The first-order chi connectivity index (χ1) is 12.3. The first-order valence-electron chi connectivity index (χ1n) is 9.69. The molecule has 0 aliphatic heterocycles. The van der Waals surface area contributed by atoms with Gasteiger partial charge in [-0.25, -0.2) is 0 Å². The van der Waals surface area contributed by atoms with Gasteiger partial charge in [0.2, 0.25) is 0 Å². The Morgan fingerprint density at radius 1 is 0.923 bits per heavy atom. The average molecular weight is 367 g/mol. The van der Waals surface area contributed by atoms with Gasteiger partial charge in [0.1, 0.15) is 0 Å². The fraction of sp³-hybridized carbons (Fsp3) is 0.417. The van der Waals surface area contributed by atoms with Gasteiger partial charge in [-0.2, -0.15) is 0 Å². The molecule has 2 atom stereocenters. The van der Waals surface area contributed by atoms with Crippen molar-refractivity contribution < 1.29 is 4.43 Å². The van der Waals surface area contributed by atoms with E-state index in [1.807, 2.05) is 6.08 Å². The van der Waals surface area contributed by atoms with Gasteiger partial charge in [0.05, 0.1) is 0 Å². The van der Waals surface area contributed by atoms with Crippen LogP contribution in [0.15, 0.2) is 73.3 Å². The van der Waals surface area contributed by atoms with E-state index < -0.39 is 8.32 Å². The summed E-state index contributed by atoms with van der Waals surface area (Å²) in [4.78, 5) is 0. The second-order valence-corrected chi connectivity index (χ2v) is 12.8. The lowest BCUT2D eigenvalue weighted by molar-refractivity contribution is 0.230. The first-order valence-corrected chi connectivity index (χ1v) is 11.6. The van der Waals surface area contributed by atoms with Crippen LogP contribution in [0.3, 0.4) is 0 Å². The Hall–Kier alpha value is -1.64. The third kappa shape index (κ3) is 4.55. The third-order valence-electron chi connectivity index (χ3n) is 5.18. The van der Waals surface area contributed by atoms with Crippen LogP contribution in [0.1, 0.15) is 41.0 Å². The molecule has 0 bridgehead atoms. The Morgan fingerprint density at radius 3 is 1.77 bits per heavy atom. The standard InChI is InChI=1S/C24H34OSi/c1-7-20(2)18-21(3)19-25-26(24(4,5)6,22-14-10-8-11-15-22)23-16-12-9-13-17-23/h7-17,20-21H,1,18-19H2,2-6H3/t20-,21+/m1/s1. The number of hydrogen-bond donors (Lipinski definition) is 0. The Balaban J connectivity index is 2.45. The molecule has 0 amide bonds. The van der Waals surface area contributed by atoms with Crippen LogP contribution in [-0.2, 0) is 4.43 Å². The van der Waals surface area contributed by atoms with Crippen molar-refractivity contribution in [2.24, 2.45) is 11.8 Å². The molecule has 0 fully saturated rings. The van der Waals surface area contributed by atoms with Gasteiger partial charge in [-0.3, -0.25) is 0 Å². The summed E-state index contributed by atoms with van der Waals surface area (Å²) in [6.07, 6.45) is 3.15. The SMILES string of the molecule is C=C[C@@H](C)C[C@H](C)CO[Si](c1ccccc1)(c1ccccc1)C(C)(C)C. The summed E-state index contributed by atoms with van der Waals surface area (Å²) in [5, 5.41) is 2.74. The van der Waals surface area contributed by atoms with E-state index in [0.29, 0.717) is 11.8 Å². The molecule has 2 aromatic carbocycles. The fourth-order valence-electron chi connectivity index (χ4n) is 3.83. The summed E-state index contributed by atoms with van der Waals surface area (Å²) < 4.78 is 6.98. The molecule has 0 saturated heterocycles. The van der Waals surface area contributed by atoms with E-state index in [9.17, 15) is 0 Å². The zero-order valence-corrected chi connectivity index (χ0v) is 18.0. The van der Waals surface area contributed by atoms with Crippen LogP contribution in [0.2, 0.25) is 5.04 Å². The molecule has 1 nitrogen and oxygen atoms in total. The van der Waals surface area contributed by atoms with E-state index in [0.717, 1.165) is 13.0 Å². The molecule has 0 saturated carbocycles. The molecule has 0 spiro atoms. The van der Waals surface area contributed by atoms with Crippen LogP contribution in [0.25, 0.3) is 0 Å². The Kier molecular flexibility index (Phi) is 7.02. The van der Waals surface area contributed by atoms with Gasteiger partial charge in [-0.15, -0.1) is 6.58 Å². The van der Waals surface area contributed by atoms with Gasteiger partial charge in [0.15, 0.2) is 0 Å². The highest BCUT2D eigenvalue weighted by Crippen LogP contribution is 2.37. The lowest BCUT2D eigenvalue weighted by Crippen LogP contribution is -2.66. The van der Waals surface area contributed by atoms with Crippen LogP contribution in [0, 0.1) is 11.8 Å². The molecule has 0 aliphatic carbocycles. The molecule has 26 heavy (non-hydrogen) atoms. The molecular weight excluding hydrogens is 332 g/mol. The van der Waals surface area contributed by atoms with Crippen molar-refractivity contribution in [3.05, 3.63) is 73.3 Å². The molecule has 0 radical (unpaired) electrons. The van der Waals surface area contributed by atoms with E-state index in [4.69, 9.17) is 4.43 Å². The quantitative estimate of drug-likeness (QED) is 0.448. The maximum absolute atomic E-state index is 6.98. The zero-order valence-electron chi connectivity index (χ0n) is 17.0. The summed E-state index contributed by atoms with van der Waals surface area (Å²) in [7, 11) is -2.40. The molecule has 2 rings (SSSR count). The van der Waals surface area contributed by atoms with Gasteiger partial charge in [0.25, 0.3) is 8.32 Å². The first kappa shape index (κ1) is 20.7. The highest BCUT2D eigenvalue weighted by molar-refractivity contribution is 6.99. The molecule has 2 heteroatoms. The van der Waals surface area contributed by atoms with Crippen LogP contribution in [-0.4, -0.2) is 14.9 Å². The Bertz CT molecular complexity index is 633. The minimum Gasteiger partial charge on any atom is -0.407 e. The summed E-state index contributed by atoms with van der Waals surface area (Å²) in [6.45, 7) is 16.2. The van der Waals surface area contributed by atoms with Gasteiger partial charge < -0.3 is 4.43 Å². The number of allylic oxidation sites excluding steroid dienone is 1. The summed E-state index contributed by atoms with van der Waals surface area (Å²) in [5.74, 6) is 1.03. The molecule has 140 valence electrons. The van der Waals surface area contributed by atoms with Gasteiger partial charge in [-0.1, -0.05) is 101 Å². The van der Waals surface area contributed by atoms with Crippen molar-refractivity contribution in [3.8, 4) is 0 Å². The van der Waals surface area contributed by atoms with Crippen molar-refractivity contribution in [2.45, 2.75) is 46.1 Å². The van der Waals surface area contributed by atoms with Crippen molar-refractivity contribution in [1.82, 2.24) is 0 Å². The normalized spacial score (nSPS) is 14.7. The van der Waals surface area contributed by atoms with Gasteiger partial charge >= 0.3 is 0 Å². The van der Waals surface area contributed by atoms with Crippen LogP contribution < -0.4 is 10.4 Å². The molecule has 0 aliphatic rings. The minimum atomic E-state index is -2.40. The predicted octanol–water partition coefficient (Wildman–Crippen LogP) is 5.41. The third-order valence-corrected chi connectivity index (χ3v) is 10.2. The monoisotopic (exact) mass is 366 g/mol. The maximum Gasteiger partial charge on any atom is 0.261 e. The highest BCUT2D eigenvalue weighted by atomic mass is 28.4. The molecular formula is C24H34OSi. The largest absolute Gasteiger partial charge is 0.407 e. The zero-order chi connectivity index (χ0) is 19.2. The van der Waals surface area contributed by atoms with Crippen molar-refractivity contribution in [1.29, 1.82) is 0 Å². The van der Waals surface area contributed by atoms with Crippen LogP contribution in [0.5, 0.6) is 0 Å². The van der Waals surface area contributed by atoms with Crippen LogP contribution >= 0.6 is 0 Å².